The summed E-state index contributed by atoms with van der Waals surface area (Å²) in [5.74, 6) is -0.221. The molecule has 0 N–H and O–H groups in total. The lowest BCUT2D eigenvalue weighted by Crippen LogP contribution is -2.31. The van der Waals surface area contributed by atoms with Crippen molar-refractivity contribution in [2.45, 2.75) is 32.8 Å². The summed E-state index contributed by atoms with van der Waals surface area (Å²) in [5.41, 5.74) is 1.78. The third-order valence-electron chi connectivity index (χ3n) is 3.31. The summed E-state index contributed by atoms with van der Waals surface area (Å²) in [6, 6.07) is 7.50. The lowest BCUT2D eigenvalue weighted by molar-refractivity contribution is 0.0271. The highest BCUT2D eigenvalue weighted by molar-refractivity contribution is 5.89. The highest BCUT2D eigenvalue weighted by Gasteiger charge is 2.17. The molecular weight excluding hydrogens is 226 g/mol. The Labute approximate surface area is 109 Å². The van der Waals surface area contributed by atoms with Gasteiger partial charge in [-0.05, 0) is 51.9 Å². The van der Waals surface area contributed by atoms with Crippen LogP contribution in [0, 0.1) is 6.92 Å². The van der Waals surface area contributed by atoms with Crippen LogP contribution in [0.25, 0.3) is 0 Å². The number of benzene rings is 1. The Kier molecular flexibility index (Phi) is 4.37. The highest BCUT2D eigenvalue weighted by atomic mass is 16.5. The molecule has 3 heteroatoms. The molecule has 0 aromatic heterocycles. The standard InChI is InChI=1S/C15H21NO2/c1-12-5-7-14(8-6-12)15(17)18-13(2)11-16-9-3-4-10-16/h5-8,13H,3-4,9-11H2,1-2H3/t13-/m1/s1. The zero-order valence-corrected chi connectivity index (χ0v) is 11.2. The van der Waals surface area contributed by atoms with Crippen LogP contribution < -0.4 is 0 Å². The average molecular weight is 247 g/mol. The van der Waals surface area contributed by atoms with E-state index in [0.717, 1.165) is 25.2 Å². The molecule has 1 aromatic rings. The predicted molar refractivity (Wildman–Crippen MR) is 71.7 cm³/mol. The van der Waals surface area contributed by atoms with E-state index in [0.29, 0.717) is 5.56 Å². The zero-order valence-electron chi connectivity index (χ0n) is 11.2. The van der Waals surface area contributed by atoms with Crippen molar-refractivity contribution in [3.63, 3.8) is 0 Å². The molecule has 0 radical (unpaired) electrons. The van der Waals surface area contributed by atoms with E-state index in [2.05, 4.69) is 4.90 Å². The van der Waals surface area contributed by atoms with Crippen LogP contribution in [-0.4, -0.2) is 36.6 Å². The topological polar surface area (TPSA) is 29.5 Å². The summed E-state index contributed by atoms with van der Waals surface area (Å²) in [5, 5.41) is 0. The third-order valence-corrected chi connectivity index (χ3v) is 3.31. The van der Waals surface area contributed by atoms with Crippen molar-refractivity contribution in [2.75, 3.05) is 19.6 Å². The number of carbonyl (C=O) groups is 1. The Hall–Kier alpha value is -1.35. The zero-order chi connectivity index (χ0) is 13.0. The molecule has 0 unspecified atom stereocenters. The van der Waals surface area contributed by atoms with Gasteiger partial charge in [0.05, 0.1) is 5.56 Å². The smallest absolute Gasteiger partial charge is 0.338 e. The van der Waals surface area contributed by atoms with Gasteiger partial charge in [-0.3, -0.25) is 4.90 Å². The van der Waals surface area contributed by atoms with E-state index >= 15 is 0 Å². The van der Waals surface area contributed by atoms with Crippen LogP contribution in [0.3, 0.4) is 0 Å². The Morgan fingerprint density at radius 3 is 2.50 bits per heavy atom. The van der Waals surface area contributed by atoms with Gasteiger partial charge < -0.3 is 4.74 Å². The van der Waals surface area contributed by atoms with Gasteiger partial charge in [0, 0.05) is 6.54 Å². The first kappa shape index (κ1) is 13.1. The van der Waals surface area contributed by atoms with Crippen LogP contribution in [0.5, 0.6) is 0 Å². The predicted octanol–water partition coefficient (Wildman–Crippen LogP) is 2.64. The molecule has 0 amide bonds. The van der Waals surface area contributed by atoms with Crippen molar-refractivity contribution in [3.05, 3.63) is 35.4 Å². The fourth-order valence-electron chi connectivity index (χ4n) is 2.31. The maximum atomic E-state index is 11.9. The largest absolute Gasteiger partial charge is 0.458 e. The van der Waals surface area contributed by atoms with Gasteiger partial charge >= 0.3 is 5.97 Å². The molecule has 98 valence electrons. The van der Waals surface area contributed by atoms with Crippen molar-refractivity contribution < 1.29 is 9.53 Å². The summed E-state index contributed by atoms with van der Waals surface area (Å²) < 4.78 is 5.46. The lowest BCUT2D eigenvalue weighted by atomic mass is 10.1. The minimum absolute atomic E-state index is 0.0445. The monoisotopic (exact) mass is 247 g/mol. The average Bonchev–Trinajstić information content (AvgIpc) is 2.82. The number of rotatable bonds is 4. The van der Waals surface area contributed by atoms with Crippen molar-refractivity contribution in [3.8, 4) is 0 Å². The number of likely N-dealkylation sites (tertiary alicyclic amines) is 1. The Bertz CT molecular complexity index is 393. The van der Waals surface area contributed by atoms with E-state index in [4.69, 9.17) is 4.74 Å². The second kappa shape index (κ2) is 6.01. The van der Waals surface area contributed by atoms with Crippen molar-refractivity contribution >= 4 is 5.97 Å². The number of esters is 1. The molecule has 1 atom stereocenters. The van der Waals surface area contributed by atoms with E-state index in [1.165, 1.54) is 12.8 Å². The van der Waals surface area contributed by atoms with Crippen molar-refractivity contribution in [2.24, 2.45) is 0 Å². The Morgan fingerprint density at radius 1 is 1.28 bits per heavy atom. The van der Waals surface area contributed by atoms with Gasteiger partial charge in [-0.25, -0.2) is 4.79 Å². The molecule has 0 aliphatic carbocycles. The van der Waals surface area contributed by atoms with Crippen LogP contribution in [-0.2, 0) is 4.74 Å². The van der Waals surface area contributed by atoms with Gasteiger partial charge in [0.15, 0.2) is 0 Å². The van der Waals surface area contributed by atoms with Crippen LogP contribution in [0.4, 0.5) is 0 Å². The minimum Gasteiger partial charge on any atom is -0.458 e. The highest BCUT2D eigenvalue weighted by Crippen LogP contribution is 2.11. The first-order valence-corrected chi connectivity index (χ1v) is 6.65. The first-order valence-electron chi connectivity index (χ1n) is 6.65. The molecule has 0 spiro atoms. The molecule has 1 aromatic carbocycles. The summed E-state index contributed by atoms with van der Waals surface area (Å²) >= 11 is 0. The van der Waals surface area contributed by atoms with Crippen LogP contribution in [0.15, 0.2) is 24.3 Å². The molecule has 1 saturated heterocycles. The molecule has 1 aliphatic heterocycles. The van der Waals surface area contributed by atoms with Crippen LogP contribution in [0.2, 0.25) is 0 Å². The number of ether oxygens (including phenoxy) is 1. The Morgan fingerprint density at radius 2 is 1.89 bits per heavy atom. The first-order chi connectivity index (χ1) is 8.65. The fraction of sp³-hybridized carbons (Fsp3) is 0.533. The molecule has 2 rings (SSSR count). The van der Waals surface area contributed by atoms with E-state index in [9.17, 15) is 4.79 Å². The molecule has 1 aliphatic rings. The van der Waals surface area contributed by atoms with E-state index < -0.39 is 0 Å². The molecule has 0 saturated carbocycles. The number of hydrogen-bond donors (Lipinski definition) is 0. The van der Waals surface area contributed by atoms with Gasteiger partial charge in [-0.15, -0.1) is 0 Å². The number of aryl methyl sites for hydroxylation is 1. The number of nitrogens with zero attached hydrogens (tertiary/aromatic N) is 1. The normalized spacial score (nSPS) is 17.7. The third kappa shape index (κ3) is 3.57. The summed E-state index contributed by atoms with van der Waals surface area (Å²) in [6.07, 6.45) is 2.48. The Balaban J connectivity index is 1.84. The van der Waals surface area contributed by atoms with E-state index in [-0.39, 0.29) is 12.1 Å². The minimum atomic E-state index is -0.221. The van der Waals surface area contributed by atoms with Gasteiger partial charge in [-0.1, -0.05) is 17.7 Å². The van der Waals surface area contributed by atoms with E-state index in [1.54, 1.807) is 0 Å². The molecule has 0 bridgehead atoms. The second-order valence-corrected chi connectivity index (χ2v) is 5.09. The molecular formula is C15H21NO2. The van der Waals surface area contributed by atoms with Gasteiger partial charge in [0.1, 0.15) is 6.10 Å². The van der Waals surface area contributed by atoms with Gasteiger partial charge in [0.2, 0.25) is 0 Å². The molecule has 3 nitrogen and oxygen atoms in total. The number of carbonyl (C=O) groups excluding carboxylic acids is 1. The summed E-state index contributed by atoms with van der Waals surface area (Å²) in [7, 11) is 0. The second-order valence-electron chi connectivity index (χ2n) is 5.09. The van der Waals surface area contributed by atoms with Gasteiger partial charge in [-0.2, -0.15) is 0 Å². The molecule has 1 heterocycles. The van der Waals surface area contributed by atoms with E-state index in [1.807, 2.05) is 38.1 Å². The maximum absolute atomic E-state index is 11.9. The lowest BCUT2D eigenvalue weighted by Gasteiger charge is -2.20. The van der Waals surface area contributed by atoms with Crippen LogP contribution >= 0.6 is 0 Å². The maximum Gasteiger partial charge on any atom is 0.338 e. The molecule has 18 heavy (non-hydrogen) atoms. The quantitative estimate of drug-likeness (QED) is 0.766. The van der Waals surface area contributed by atoms with Crippen molar-refractivity contribution in [1.82, 2.24) is 4.90 Å². The van der Waals surface area contributed by atoms with Crippen LogP contribution in [0.1, 0.15) is 35.7 Å². The van der Waals surface area contributed by atoms with Gasteiger partial charge in [0.25, 0.3) is 0 Å². The summed E-state index contributed by atoms with van der Waals surface area (Å²) in [4.78, 5) is 14.3. The molecule has 1 fully saturated rings. The fourth-order valence-corrected chi connectivity index (χ4v) is 2.31. The SMILES string of the molecule is Cc1ccc(C(=O)O[C@H](C)CN2CCCC2)cc1. The van der Waals surface area contributed by atoms with Crippen molar-refractivity contribution in [1.29, 1.82) is 0 Å². The summed E-state index contributed by atoms with van der Waals surface area (Å²) in [6.45, 7) is 7.08. The number of hydrogen-bond acceptors (Lipinski definition) is 3.